The van der Waals surface area contributed by atoms with Gasteiger partial charge in [0, 0.05) is 11.5 Å². The van der Waals surface area contributed by atoms with E-state index in [1.165, 1.54) is 35.6 Å². The molecule has 1 nitrogen and oxygen atoms in total. The quantitative estimate of drug-likeness (QED) is 0.669. The summed E-state index contributed by atoms with van der Waals surface area (Å²) in [4.78, 5) is 12.9. The number of hydrogen-bond donors (Lipinski definition) is 0. The van der Waals surface area contributed by atoms with Gasteiger partial charge < -0.3 is 0 Å². The molecule has 20 heavy (non-hydrogen) atoms. The lowest BCUT2D eigenvalue weighted by molar-refractivity contribution is 0.0603. The van der Waals surface area contributed by atoms with Gasteiger partial charge in [-0.2, -0.15) is 0 Å². The van der Waals surface area contributed by atoms with Crippen molar-refractivity contribution in [2.24, 2.45) is 11.3 Å². The van der Waals surface area contributed by atoms with Gasteiger partial charge in [0.05, 0.1) is 0 Å². The fraction of sp³-hybridized carbons (Fsp3) is 0.421. The Kier molecular flexibility index (Phi) is 2.54. The van der Waals surface area contributed by atoms with E-state index >= 15 is 0 Å². The lowest BCUT2D eigenvalue weighted by Gasteiger charge is -2.44. The Morgan fingerprint density at radius 3 is 2.65 bits per heavy atom. The first-order valence-corrected chi connectivity index (χ1v) is 7.73. The van der Waals surface area contributed by atoms with E-state index in [0.717, 1.165) is 18.4 Å². The van der Waals surface area contributed by atoms with Crippen LogP contribution in [0.3, 0.4) is 0 Å². The molecule has 2 aliphatic rings. The van der Waals surface area contributed by atoms with Crippen molar-refractivity contribution in [1.82, 2.24) is 0 Å². The third kappa shape index (κ3) is 1.65. The van der Waals surface area contributed by atoms with Crippen LogP contribution in [0.2, 0.25) is 0 Å². The maximum atomic E-state index is 12.9. The van der Waals surface area contributed by atoms with Crippen molar-refractivity contribution in [1.29, 1.82) is 0 Å². The summed E-state index contributed by atoms with van der Waals surface area (Å²) >= 11 is 0. The van der Waals surface area contributed by atoms with Crippen molar-refractivity contribution in [3.63, 3.8) is 0 Å². The van der Waals surface area contributed by atoms with E-state index in [9.17, 15) is 4.79 Å². The van der Waals surface area contributed by atoms with Crippen LogP contribution in [0.5, 0.6) is 0 Å². The molecule has 2 atom stereocenters. The minimum Gasteiger partial charge on any atom is -0.294 e. The van der Waals surface area contributed by atoms with Crippen LogP contribution in [0.4, 0.5) is 0 Å². The van der Waals surface area contributed by atoms with Crippen LogP contribution in [0.15, 0.2) is 36.4 Å². The van der Waals surface area contributed by atoms with Gasteiger partial charge in [-0.25, -0.2) is 0 Å². The number of benzene rings is 2. The zero-order chi connectivity index (χ0) is 13.7. The predicted octanol–water partition coefficient (Wildman–Crippen LogP) is 4.78. The topological polar surface area (TPSA) is 17.1 Å². The maximum Gasteiger partial charge on any atom is 0.166 e. The molecule has 4 rings (SSSR count). The molecule has 0 aromatic heterocycles. The summed E-state index contributed by atoms with van der Waals surface area (Å²) in [5, 5.41) is 2.45. The van der Waals surface area contributed by atoms with Gasteiger partial charge in [-0.05, 0) is 47.1 Å². The smallest absolute Gasteiger partial charge is 0.166 e. The standard InChI is InChI=1S/C19H20O/c1-19-9-5-4-8-17(19)18(20)16-11-14-7-3-2-6-13(14)10-15(16)12-19/h2-3,6-7,10-11,17H,4-5,8-9,12H2,1H3/t17-,19-/m0/s1. The Hall–Kier alpha value is -1.63. The number of carbonyl (C=O) groups is 1. The normalized spacial score (nSPS) is 29.1. The fourth-order valence-electron chi connectivity index (χ4n) is 4.35. The van der Waals surface area contributed by atoms with E-state index in [-0.39, 0.29) is 11.3 Å². The average molecular weight is 264 g/mol. The summed E-state index contributed by atoms with van der Waals surface area (Å²) in [6, 6.07) is 12.8. The van der Waals surface area contributed by atoms with E-state index in [1.54, 1.807) is 0 Å². The van der Waals surface area contributed by atoms with Gasteiger partial charge in [-0.3, -0.25) is 4.79 Å². The number of carbonyl (C=O) groups excluding carboxylic acids is 1. The van der Waals surface area contributed by atoms with Crippen LogP contribution in [0.25, 0.3) is 10.8 Å². The first kappa shape index (κ1) is 12.1. The van der Waals surface area contributed by atoms with Gasteiger partial charge >= 0.3 is 0 Å². The molecule has 1 saturated carbocycles. The van der Waals surface area contributed by atoms with E-state index in [4.69, 9.17) is 0 Å². The second-order valence-corrected chi connectivity index (χ2v) is 6.85. The lowest BCUT2D eigenvalue weighted by atomic mass is 9.58. The highest BCUT2D eigenvalue weighted by Gasteiger charge is 2.45. The molecule has 0 bridgehead atoms. The molecule has 2 aromatic carbocycles. The first-order chi connectivity index (χ1) is 9.67. The summed E-state index contributed by atoms with van der Waals surface area (Å²) in [6.45, 7) is 2.33. The molecule has 1 heteroatoms. The Labute approximate surface area is 120 Å². The number of rotatable bonds is 0. The zero-order valence-corrected chi connectivity index (χ0v) is 12.0. The van der Waals surface area contributed by atoms with Crippen molar-refractivity contribution in [3.05, 3.63) is 47.5 Å². The van der Waals surface area contributed by atoms with Crippen LogP contribution in [0, 0.1) is 11.3 Å². The largest absolute Gasteiger partial charge is 0.294 e. The van der Waals surface area contributed by atoms with Gasteiger partial charge in [0.1, 0.15) is 0 Å². The van der Waals surface area contributed by atoms with Crippen LogP contribution >= 0.6 is 0 Å². The number of Topliss-reactive ketones (excluding diaryl/α,β-unsaturated/α-hetero) is 1. The highest BCUT2D eigenvalue weighted by atomic mass is 16.1. The van der Waals surface area contributed by atoms with Gasteiger partial charge in [-0.1, -0.05) is 50.1 Å². The average Bonchev–Trinajstić information content (AvgIpc) is 2.45. The van der Waals surface area contributed by atoms with Crippen LogP contribution in [0.1, 0.15) is 48.5 Å². The molecule has 0 saturated heterocycles. The second-order valence-electron chi connectivity index (χ2n) is 6.85. The van der Waals surface area contributed by atoms with E-state index < -0.39 is 0 Å². The van der Waals surface area contributed by atoms with Gasteiger partial charge in [0.15, 0.2) is 5.78 Å². The molecule has 0 radical (unpaired) electrons. The molecule has 0 N–H and O–H groups in total. The molecule has 2 aromatic rings. The second kappa shape index (κ2) is 4.18. The molecule has 102 valence electrons. The fourth-order valence-corrected chi connectivity index (χ4v) is 4.35. The molecule has 0 heterocycles. The summed E-state index contributed by atoms with van der Waals surface area (Å²) < 4.78 is 0. The highest BCUT2D eigenvalue weighted by Crippen LogP contribution is 2.49. The van der Waals surface area contributed by atoms with Crippen LogP contribution < -0.4 is 0 Å². The Bertz CT molecular complexity index is 700. The number of fused-ring (bicyclic) bond motifs is 3. The van der Waals surface area contributed by atoms with Crippen molar-refractivity contribution >= 4 is 16.6 Å². The number of hydrogen-bond acceptors (Lipinski definition) is 1. The summed E-state index contributed by atoms with van der Waals surface area (Å²) in [7, 11) is 0. The first-order valence-electron chi connectivity index (χ1n) is 7.73. The highest BCUT2D eigenvalue weighted by molar-refractivity contribution is 6.04. The Balaban J connectivity index is 1.91. The molecule has 0 aliphatic heterocycles. The minimum atomic E-state index is 0.199. The maximum absolute atomic E-state index is 12.9. The molecule has 1 fully saturated rings. The Morgan fingerprint density at radius 2 is 1.85 bits per heavy atom. The minimum absolute atomic E-state index is 0.199. The summed E-state index contributed by atoms with van der Waals surface area (Å²) in [6.07, 6.45) is 5.86. The zero-order valence-electron chi connectivity index (χ0n) is 12.0. The molecule has 0 unspecified atom stereocenters. The van der Waals surface area contributed by atoms with E-state index in [1.807, 2.05) is 6.07 Å². The van der Waals surface area contributed by atoms with Gasteiger partial charge in [0.25, 0.3) is 0 Å². The third-order valence-corrected chi connectivity index (χ3v) is 5.48. The van der Waals surface area contributed by atoms with Gasteiger partial charge in [-0.15, -0.1) is 0 Å². The molecular formula is C19H20O. The predicted molar refractivity (Wildman–Crippen MR) is 82.0 cm³/mol. The summed E-state index contributed by atoms with van der Waals surface area (Å²) in [5.74, 6) is 0.657. The van der Waals surface area contributed by atoms with Gasteiger partial charge in [0.2, 0.25) is 0 Å². The molecule has 0 spiro atoms. The van der Waals surface area contributed by atoms with E-state index in [2.05, 4.69) is 37.3 Å². The number of ketones is 1. The Morgan fingerprint density at radius 1 is 1.10 bits per heavy atom. The molecule has 0 amide bonds. The van der Waals surface area contributed by atoms with E-state index in [0.29, 0.717) is 5.78 Å². The van der Waals surface area contributed by atoms with Crippen molar-refractivity contribution in [2.45, 2.75) is 39.0 Å². The van der Waals surface area contributed by atoms with Crippen LogP contribution in [-0.2, 0) is 6.42 Å². The third-order valence-electron chi connectivity index (χ3n) is 5.48. The lowest BCUT2D eigenvalue weighted by Crippen LogP contribution is -2.42. The molecular weight excluding hydrogens is 244 g/mol. The van der Waals surface area contributed by atoms with Crippen molar-refractivity contribution in [2.75, 3.05) is 0 Å². The van der Waals surface area contributed by atoms with Crippen molar-refractivity contribution in [3.8, 4) is 0 Å². The summed E-state index contributed by atoms with van der Waals surface area (Å²) in [5.41, 5.74) is 2.47. The van der Waals surface area contributed by atoms with Crippen molar-refractivity contribution < 1.29 is 4.79 Å². The SMILES string of the molecule is C[C@@]12CCCC[C@H]1C(=O)c1cc3ccccc3cc1C2. The monoisotopic (exact) mass is 264 g/mol. The molecule has 2 aliphatic carbocycles. The van der Waals surface area contributed by atoms with Crippen LogP contribution in [-0.4, -0.2) is 5.78 Å².